The van der Waals surface area contributed by atoms with E-state index in [4.69, 9.17) is 4.74 Å². The van der Waals surface area contributed by atoms with Crippen LogP contribution in [0.5, 0.6) is 11.8 Å². The molecule has 0 bridgehead atoms. The van der Waals surface area contributed by atoms with E-state index in [1.54, 1.807) is 18.5 Å². The van der Waals surface area contributed by atoms with Crippen molar-refractivity contribution in [1.82, 2.24) is 15.0 Å². The van der Waals surface area contributed by atoms with Crippen LogP contribution >= 0.6 is 0 Å². The number of rotatable bonds is 6. The van der Waals surface area contributed by atoms with Crippen molar-refractivity contribution in [3.8, 4) is 11.8 Å². The van der Waals surface area contributed by atoms with Crippen LogP contribution < -0.4 is 15.2 Å². The number of H-pyrrole nitrogens is 1. The normalized spacial score (nSPS) is 12.0. The summed E-state index contributed by atoms with van der Waals surface area (Å²) in [5, 5.41) is 0.481. The molecular weight excluding hydrogens is 388 g/mol. The van der Waals surface area contributed by atoms with E-state index in [9.17, 15) is 4.79 Å². The van der Waals surface area contributed by atoms with Crippen LogP contribution in [0.3, 0.4) is 0 Å². The number of aromatic nitrogens is 3. The van der Waals surface area contributed by atoms with Gasteiger partial charge in [-0.1, -0.05) is 26.0 Å². The molecule has 0 spiro atoms. The molecule has 0 aliphatic heterocycles. The lowest BCUT2D eigenvalue weighted by Gasteiger charge is -2.23. The van der Waals surface area contributed by atoms with Crippen LogP contribution in [0.2, 0.25) is 0 Å². The predicted octanol–water partition coefficient (Wildman–Crippen LogP) is 5.70. The summed E-state index contributed by atoms with van der Waals surface area (Å²) in [6.07, 6.45) is 4.24. The van der Waals surface area contributed by atoms with E-state index in [1.165, 1.54) is 5.56 Å². The van der Waals surface area contributed by atoms with E-state index in [2.05, 4.69) is 65.0 Å². The Kier molecular flexibility index (Phi) is 5.71. The fourth-order valence-electron chi connectivity index (χ4n) is 3.60. The number of anilines is 2. The fourth-order valence-corrected chi connectivity index (χ4v) is 3.60. The zero-order chi connectivity index (χ0) is 22.0. The van der Waals surface area contributed by atoms with Gasteiger partial charge in [0.25, 0.3) is 5.56 Å². The number of pyridine rings is 1. The lowest BCUT2D eigenvalue weighted by Crippen LogP contribution is -2.11. The summed E-state index contributed by atoms with van der Waals surface area (Å²) in [7, 11) is 2.05. The predicted molar refractivity (Wildman–Crippen MR) is 125 cm³/mol. The Hall–Kier alpha value is -3.67. The van der Waals surface area contributed by atoms with E-state index in [1.807, 2.05) is 25.1 Å². The zero-order valence-corrected chi connectivity index (χ0v) is 18.2. The first-order valence-corrected chi connectivity index (χ1v) is 10.4. The van der Waals surface area contributed by atoms with Crippen molar-refractivity contribution < 1.29 is 4.74 Å². The topological polar surface area (TPSA) is 71.1 Å². The molecule has 31 heavy (non-hydrogen) atoms. The molecule has 4 aromatic rings. The SMILES string of the molecule is CC[C@@H](C)c1ccc(N(C)c2ccc(Oc3nc4cnccc4c(=O)[nH]3)cc2C)cc1. The lowest BCUT2D eigenvalue weighted by atomic mass is 9.98. The number of hydrogen-bond acceptors (Lipinski definition) is 5. The monoisotopic (exact) mass is 414 g/mol. The van der Waals surface area contributed by atoms with Gasteiger partial charge < -0.3 is 9.64 Å². The van der Waals surface area contributed by atoms with E-state index in [0.29, 0.717) is 22.6 Å². The number of fused-ring (bicyclic) bond motifs is 1. The van der Waals surface area contributed by atoms with Crippen LogP contribution in [0.25, 0.3) is 10.9 Å². The van der Waals surface area contributed by atoms with Crippen molar-refractivity contribution in [2.75, 3.05) is 11.9 Å². The lowest BCUT2D eigenvalue weighted by molar-refractivity contribution is 0.442. The highest BCUT2D eigenvalue weighted by Crippen LogP contribution is 2.31. The zero-order valence-electron chi connectivity index (χ0n) is 18.2. The minimum atomic E-state index is -0.253. The van der Waals surface area contributed by atoms with Crippen LogP contribution in [0, 0.1) is 6.92 Å². The fraction of sp³-hybridized carbons (Fsp3) is 0.240. The number of nitrogens with one attached hydrogen (secondary N) is 1. The van der Waals surface area contributed by atoms with Crippen LogP contribution in [0.1, 0.15) is 37.3 Å². The Balaban J connectivity index is 1.56. The maximum atomic E-state index is 12.2. The van der Waals surface area contributed by atoms with Gasteiger partial charge in [0, 0.05) is 24.6 Å². The minimum Gasteiger partial charge on any atom is -0.426 e. The Morgan fingerprint density at radius 1 is 1.13 bits per heavy atom. The van der Waals surface area contributed by atoms with Crippen molar-refractivity contribution in [3.63, 3.8) is 0 Å². The maximum absolute atomic E-state index is 12.2. The third kappa shape index (κ3) is 4.28. The Labute approximate surface area is 181 Å². The van der Waals surface area contributed by atoms with Gasteiger partial charge in [0.05, 0.1) is 17.1 Å². The highest BCUT2D eigenvalue weighted by molar-refractivity contribution is 5.76. The second-order valence-electron chi connectivity index (χ2n) is 7.77. The van der Waals surface area contributed by atoms with Crippen LogP contribution in [0.4, 0.5) is 11.4 Å². The number of hydrogen-bond donors (Lipinski definition) is 1. The van der Waals surface area contributed by atoms with Crippen LogP contribution in [-0.2, 0) is 0 Å². The van der Waals surface area contributed by atoms with Crippen LogP contribution in [-0.4, -0.2) is 22.0 Å². The van der Waals surface area contributed by atoms with Gasteiger partial charge in [0.1, 0.15) is 5.75 Å². The summed E-state index contributed by atoms with van der Waals surface area (Å²) in [5.41, 5.74) is 4.85. The summed E-state index contributed by atoms with van der Waals surface area (Å²) in [6, 6.07) is 16.3. The number of aromatic amines is 1. The highest BCUT2D eigenvalue weighted by atomic mass is 16.5. The van der Waals surface area contributed by atoms with Gasteiger partial charge >= 0.3 is 6.01 Å². The number of ether oxygens (including phenoxy) is 1. The third-order valence-corrected chi connectivity index (χ3v) is 5.69. The van der Waals surface area contributed by atoms with Crippen molar-refractivity contribution in [3.05, 3.63) is 82.4 Å². The first-order chi connectivity index (χ1) is 15.0. The molecule has 6 heteroatoms. The molecule has 0 fully saturated rings. The second kappa shape index (κ2) is 8.60. The van der Waals surface area contributed by atoms with E-state index in [0.717, 1.165) is 23.4 Å². The van der Waals surface area contributed by atoms with Crippen molar-refractivity contribution in [1.29, 1.82) is 0 Å². The van der Waals surface area contributed by atoms with Gasteiger partial charge in [-0.15, -0.1) is 0 Å². The summed E-state index contributed by atoms with van der Waals surface area (Å²) < 4.78 is 5.83. The molecule has 4 rings (SSSR count). The molecule has 0 aliphatic carbocycles. The molecule has 2 aromatic carbocycles. The van der Waals surface area contributed by atoms with Crippen molar-refractivity contribution in [2.45, 2.75) is 33.1 Å². The van der Waals surface area contributed by atoms with Crippen LogP contribution in [0.15, 0.2) is 65.7 Å². The Bertz CT molecular complexity index is 1260. The standard InChI is InChI=1S/C25H26N4O2/c1-5-16(2)18-6-8-19(9-7-18)29(4)23-11-10-20(14-17(23)3)31-25-27-22-15-26-13-12-21(22)24(30)28-25/h6-16H,5H2,1-4H3,(H,27,28,30)/t16-/m1/s1. The average molecular weight is 415 g/mol. The highest BCUT2D eigenvalue weighted by Gasteiger charge is 2.11. The molecule has 2 aromatic heterocycles. The number of nitrogens with zero attached hydrogens (tertiary/aromatic N) is 3. The van der Waals surface area contributed by atoms with Gasteiger partial charge in [-0.25, -0.2) is 0 Å². The molecule has 0 amide bonds. The summed E-state index contributed by atoms with van der Waals surface area (Å²) >= 11 is 0. The molecule has 0 saturated heterocycles. The maximum Gasteiger partial charge on any atom is 0.302 e. The molecule has 0 radical (unpaired) electrons. The Morgan fingerprint density at radius 3 is 2.61 bits per heavy atom. The van der Waals surface area contributed by atoms with Gasteiger partial charge in [-0.05, 0) is 66.8 Å². The van der Waals surface area contributed by atoms with Gasteiger partial charge in [-0.3, -0.25) is 14.8 Å². The van der Waals surface area contributed by atoms with Gasteiger partial charge in [-0.2, -0.15) is 4.98 Å². The molecule has 6 nitrogen and oxygen atoms in total. The van der Waals surface area contributed by atoms with E-state index >= 15 is 0 Å². The number of aryl methyl sites for hydroxylation is 1. The third-order valence-electron chi connectivity index (χ3n) is 5.69. The summed E-state index contributed by atoms with van der Waals surface area (Å²) in [6.45, 7) is 6.49. The molecule has 0 aliphatic rings. The molecule has 2 heterocycles. The van der Waals surface area contributed by atoms with Crippen molar-refractivity contribution >= 4 is 22.3 Å². The summed E-state index contributed by atoms with van der Waals surface area (Å²) in [5.74, 6) is 1.16. The van der Waals surface area contributed by atoms with Gasteiger partial charge in [0.2, 0.25) is 0 Å². The molecule has 1 N–H and O–H groups in total. The Morgan fingerprint density at radius 2 is 1.90 bits per heavy atom. The first kappa shape index (κ1) is 20.6. The first-order valence-electron chi connectivity index (χ1n) is 10.4. The largest absolute Gasteiger partial charge is 0.426 e. The molecule has 0 unspecified atom stereocenters. The van der Waals surface area contributed by atoms with E-state index in [-0.39, 0.29) is 11.6 Å². The molecular formula is C25H26N4O2. The van der Waals surface area contributed by atoms with Gasteiger partial charge in [0.15, 0.2) is 0 Å². The smallest absolute Gasteiger partial charge is 0.302 e. The van der Waals surface area contributed by atoms with Crippen molar-refractivity contribution in [2.24, 2.45) is 0 Å². The molecule has 158 valence electrons. The van der Waals surface area contributed by atoms with E-state index < -0.39 is 0 Å². The molecule has 0 saturated carbocycles. The quantitative estimate of drug-likeness (QED) is 0.438. The second-order valence-corrected chi connectivity index (χ2v) is 7.77. The number of benzene rings is 2. The average Bonchev–Trinajstić information content (AvgIpc) is 2.78. The molecule has 1 atom stereocenters. The minimum absolute atomic E-state index is 0.145. The summed E-state index contributed by atoms with van der Waals surface area (Å²) in [4.78, 5) is 25.4.